The van der Waals surface area contributed by atoms with Crippen LogP contribution in [0.15, 0.2) is 12.1 Å². The van der Waals surface area contributed by atoms with Gasteiger partial charge in [-0.15, -0.1) is 0 Å². The fourth-order valence-electron chi connectivity index (χ4n) is 1.80. The largest absolute Gasteiger partial charge is 0.493 e. The van der Waals surface area contributed by atoms with Gasteiger partial charge in [-0.2, -0.15) is 0 Å². The predicted molar refractivity (Wildman–Crippen MR) is 82.6 cm³/mol. The summed E-state index contributed by atoms with van der Waals surface area (Å²) in [4.78, 5) is 23.5. The van der Waals surface area contributed by atoms with Gasteiger partial charge in [0, 0.05) is 24.4 Å². The molecular formula is C15H22N2O5. The summed E-state index contributed by atoms with van der Waals surface area (Å²) in [5, 5.41) is 5.05. The van der Waals surface area contributed by atoms with E-state index in [-0.39, 0.29) is 0 Å². The highest BCUT2D eigenvalue weighted by atomic mass is 16.5. The van der Waals surface area contributed by atoms with Crippen LogP contribution in [0.3, 0.4) is 0 Å². The van der Waals surface area contributed by atoms with Crippen LogP contribution in [0.25, 0.3) is 0 Å². The van der Waals surface area contributed by atoms with Crippen molar-refractivity contribution < 1.29 is 23.8 Å². The monoisotopic (exact) mass is 310 g/mol. The first kappa shape index (κ1) is 17.6. The van der Waals surface area contributed by atoms with Crippen molar-refractivity contribution in [3.05, 3.63) is 12.1 Å². The highest BCUT2D eigenvalue weighted by Crippen LogP contribution is 2.39. The van der Waals surface area contributed by atoms with Crippen molar-refractivity contribution in [2.75, 3.05) is 33.2 Å². The Labute approximate surface area is 129 Å². The molecule has 0 heterocycles. The van der Waals surface area contributed by atoms with E-state index in [4.69, 9.17) is 14.2 Å². The van der Waals surface area contributed by atoms with Crippen molar-refractivity contribution in [1.82, 2.24) is 5.32 Å². The number of unbranched alkanes of at least 4 members (excludes halogenated alkanes) is 1. The molecule has 122 valence electrons. The van der Waals surface area contributed by atoms with Crippen molar-refractivity contribution >= 4 is 17.5 Å². The SMILES string of the molecule is CCCCNC(=O)C(=O)Nc1cc(OC)c(OC)c(OC)c1. The molecule has 0 radical (unpaired) electrons. The van der Waals surface area contributed by atoms with Gasteiger partial charge in [0.05, 0.1) is 21.3 Å². The van der Waals surface area contributed by atoms with Crippen molar-refractivity contribution in [1.29, 1.82) is 0 Å². The smallest absolute Gasteiger partial charge is 0.313 e. The van der Waals surface area contributed by atoms with Crippen LogP contribution in [-0.4, -0.2) is 39.7 Å². The number of carbonyl (C=O) groups excluding carboxylic acids is 2. The molecule has 1 aromatic carbocycles. The van der Waals surface area contributed by atoms with E-state index in [2.05, 4.69) is 10.6 Å². The van der Waals surface area contributed by atoms with E-state index in [0.717, 1.165) is 12.8 Å². The van der Waals surface area contributed by atoms with E-state index in [1.54, 1.807) is 12.1 Å². The lowest BCUT2D eigenvalue weighted by molar-refractivity contribution is -0.136. The highest BCUT2D eigenvalue weighted by Gasteiger charge is 2.17. The van der Waals surface area contributed by atoms with E-state index in [0.29, 0.717) is 29.5 Å². The molecule has 0 unspecified atom stereocenters. The highest BCUT2D eigenvalue weighted by molar-refractivity contribution is 6.39. The maximum Gasteiger partial charge on any atom is 0.313 e. The normalized spacial score (nSPS) is 9.82. The molecule has 7 nitrogen and oxygen atoms in total. The molecule has 2 amide bonds. The average molecular weight is 310 g/mol. The summed E-state index contributed by atoms with van der Waals surface area (Å²) in [7, 11) is 4.43. The zero-order valence-corrected chi connectivity index (χ0v) is 13.3. The number of ether oxygens (including phenoxy) is 3. The molecule has 0 aliphatic carbocycles. The molecular weight excluding hydrogens is 288 g/mol. The average Bonchev–Trinajstić information content (AvgIpc) is 2.53. The zero-order chi connectivity index (χ0) is 16.5. The number of hydrogen-bond donors (Lipinski definition) is 2. The third-order valence-corrected chi connectivity index (χ3v) is 2.94. The first-order valence-electron chi connectivity index (χ1n) is 6.96. The minimum Gasteiger partial charge on any atom is -0.493 e. The molecule has 2 N–H and O–H groups in total. The van der Waals surface area contributed by atoms with E-state index in [1.165, 1.54) is 21.3 Å². The second kappa shape index (κ2) is 8.76. The van der Waals surface area contributed by atoms with Gasteiger partial charge < -0.3 is 24.8 Å². The third-order valence-electron chi connectivity index (χ3n) is 2.94. The van der Waals surface area contributed by atoms with Crippen LogP contribution in [0.1, 0.15) is 19.8 Å². The molecule has 0 bridgehead atoms. The number of benzene rings is 1. The van der Waals surface area contributed by atoms with Gasteiger partial charge in [0.2, 0.25) is 5.75 Å². The van der Waals surface area contributed by atoms with Gasteiger partial charge in [0.1, 0.15) is 0 Å². The number of rotatable bonds is 7. The van der Waals surface area contributed by atoms with Crippen LogP contribution in [-0.2, 0) is 9.59 Å². The number of amides is 2. The van der Waals surface area contributed by atoms with E-state index < -0.39 is 11.8 Å². The molecule has 1 rings (SSSR count). The second-order valence-electron chi connectivity index (χ2n) is 4.48. The molecule has 1 aromatic rings. The number of anilines is 1. The van der Waals surface area contributed by atoms with Crippen LogP contribution >= 0.6 is 0 Å². The minimum absolute atomic E-state index is 0.380. The number of methoxy groups -OCH3 is 3. The summed E-state index contributed by atoms with van der Waals surface area (Å²) in [6.45, 7) is 2.47. The minimum atomic E-state index is -0.745. The second-order valence-corrected chi connectivity index (χ2v) is 4.48. The molecule has 0 fully saturated rings. The summed E-state index contributed by atoms with van der Waals surface area (Å²) >= 11 is 0. The molecule has 0 saturated heterocycles. The Hall–Kier alpha value is -2.44. The summed E-state index contributed by atoms with van der Waals surface area (Å²) in [6.07, 6.45) is 1.76. The maximum absolute atomic E-state index is 11.8. The van der Waals surface area contributed by atoms with Gasteiger partial charge in [-0.05, 0) is 6.42 Å². The number of carbonyl (C=O) groups is 2. The van der Waals surface area contributed by atoms with Gasteiger partial charge in [-0.3, -0.25) is 9.59 Å². The fraction of sp³-hybridized carbons (Fsp3) is 0.467. The first-order chi connectivity index (χ1) is 10.6. The fourth-order valence-corrected chi connectivity index (χ4v) is 1.80. The van der Waals surface area contributed by atoms with E-state index in [9.17, 15) is 9.59 Å². The predicted octanol–water partition coefficient (Wildman–Crippen LogP) is 1.57. The quantitative estimate of drug-likeness (QED) is 0.590. The van der Waals surface area contributed by atoms with Crippen molar-refractivity contribution in [3.8, 4) is 17.2 Å². The number of hydrogen-bond acceptors (Lipinski definition) is 5. The van der Waals surface area contributed by atoms with Crippen LogP contribution < -0.4 is 24.8 Å². The van der Waals surface area contributed by atoms with E-state index >= 15 is 0 Å². The lowest BCUT2D eigenvalue weighted by Crippen LogP contribution is -2.35. The van der Waals surface area contributed by atoms with Crippen LogP contribution in [0.2, 0.25) is 0 Å². The summed E-state index contributed by atoms with van der Waals surface area (Å²) in [6, 6.07) is 3.11. The Morgan fingerprint density at radius 2 is 1.59 bits per heavy atom. The zero-order valence-electron chi connectivity index (χ0n) is 13.3. The van der Waals surface area contributed by atoms with Gasteiger partial charge in [-0.1, -0.05) is 13.3 Å². The van der Waals surface area contributed by atoms with Gasteiger partial charge in [0.25, 0.3) is 0 Å². The molecule has 0 atom stereocenters. The Morgan fingerprint density at radius 1 is 1.00 bits per heavy atom. The molecule has 0 aromatic heterocycles. The van der Waals surface area contributed by atoms with Crippen LogP contribution in [0.4, 0.5) is 5.69 Å². The maximum atomic E-state index is 11.8. The van der Waals surface area contributed by atoms with Crippen LogP contribution in [0, 0.1) is 0 Å². The molecule has 0 aliphatic heterocycles. The number of nitrogens with one attached hydrogen (secondary N) is 2. The molecule has 0 aliphatic rings. The summed E-state index contributed by atoms with van der Waals surface area (Å²) < 4.78 is 15.6. The molecule has 22 heavy (non-hydrogen) atoms. The molecule has 0 saturated carbocycles. The Bertz CT molecular complexity index is 506. The Morgan fingerprint density at radius 3 is 2.05 bits per heavy atom. The van der Waals surface area contributed by atoms with Crippen molar-refractivity contribution in [2.45, 2.75) is 19.8 Å². The first-order valence-corrected chi connectivity index (χ1v) is 6.96. The molecule has 7 heteroatoms. The Kier molecular flexibility index (Phi) is 7.01. The third kappa shape index (κ3) is 4.54. The summed E-state index contributed by atoms with van der Waals surface area (Å²) in [5.41, 5.74) is 0.380. The van der Waals surface area contributed by atoms with E-state index in [1.807, 2.05) is 6.92 Å². The topological polar surface area (TPSA) is 85.9 Å². The summed E-state index contributed by atoms with van der Waals surface area (Å²) in [5.74, 6) is -0.227. The Balaban J connectivity index is 2.84. The standard InChI is InChI=1S/C15H22N2O5/c1-5-6-7-16-14(18)15(19)17-10-8-11(20-2)13(22-4)12(9-10)21-3/h8-9H,5-7H2,1-4H3,(H,16,18)(H,17,19). The van der Waals surface area contributed by atoms with Gasteiger partial charge in [-0.25, -0.2) is 0 Å². The van der Waals surface area contributed by atoms with Crippen molar-refractivity contribution in [3.63, 3.8) is 0 Å². The van der Waals surface area contributed by atoms with Crippen LogP contribution in [0.5, 0.6) is 17.2 Å². The van der Waals surface area contributed by atoms with Crippen molar-refractivity contribution in [2.24, 2.45) is 0 Å². The van der Waals surface area contributed by atoms with Gasteiger partial charge >= 0.3 is 11.8 Å². The molecule has 0 spiro atoms. The lowest BCUT2D eigenvalue weighted by atomic mass is 10.2. The van der Waals surface area contributed by atoms with Gasteiger partial charge in [0.15, 0.2) is 11.5 Å². The lowest BCUT2D eigenvalue weighted by Gasteiger charge is -2.14.